The molecule has 0 spiro atoms. The van der Waals surface area contributed by atoms with Gasteiger partial charge in [-0.15, -0.1) is 0 Å². The first-order valence-electron chi connectivity index (χ1n) is 7.78. The Hall–Kier alpha value is -1.14. The SMILES string of the molecule is O=C(CN1CCC(C2CCCN2)CC1)N1CCNC1=O. The molecule has 6 nitrogen and oxygen atoms in total. The third kappa shape index (κ3) is 2.96. The molecular formula is C14H24N4O2. The van der Waals surface area contributed by atoms with Gasteiger partial charge in [-0.05, 0) is 51.2 Å². The molecule has 1 atom stereocenters. The van der Waals surface area contributed by atoms with Crippen molar-refractivity contribution < 1.29 is 9.59 Å². The lowest BCUT2D eigenvalue weighted by Gasteiger charge is -2.34. The lowest BCUT2D eigenvalue weighted by Crippen LogP contribution is -2.46. The monoisotopic (exact) mass is 280 g/mol. The summed E-state index contributed by atoms with van der Waals surface area (Å²) in [6.07, 6.45) is 4.93. The van der Waals surface area contributed by atoms with Crippen LogP contribution in [-0.2, 0) is 4.79 Å². The topological polar surface area (TPSA) is 64.7 Å². The molecule has 3 aliphatic rings. The Morgan fingerprint density at radius 3 is 2.55 bits per heavy atom. The van der Waals surface area contributed by atoms with Crippen molar-refractivity contribution in [1.82, 2.24) is 20.4 Å². The molecule has 2 N–H and O–H groups in total. The van der Waals surface area contributed by atoms with Crippen LogP contribution in [0.5, 0.6) is 0 Å². The Kier molecular flexibility index (Phi) is 4.21. The maximum Gasteiger partial charge on any atom is 0.324 e. The van der Waals surface area contributed by atoms with Gasteiger partial charge in [-0.2, -0.15) is 0 Å². The number of likely N-dealkylation sites (tertiary alicyclic amines) is 1. The number of amides is 3. The standard InChI is InChI=1S/C14H24N4O2/c19-13(18-9-6-16-14(18)20)10-17-7-3-11(4-8-17)12-2-1-5-15-12/h11-12,15H,1-10H2,(H,16,20). The van der Waals surface area contributed by atoms with E-state index in [1.54, 1.807) is 0 Å². The highest BCUT2D eigenvalue weighted by molar-refractivity contribution is 5.96. The highest BCUT2D eigenvalue weighted by atomic mass is 16.2. The average molecular weight is 280 g/mol. The number of piperidine rings is 1. The number of rotatable bonds is 3. The van der Waals surface area contributed by atoms with Crippen LogP contribution in [0, 0.1) is 5.92 Å². The molecule has 0 saturated carbocycles. The number of carbonyl (C=O) groups is 2. The summed E-state index contributed by atoms with van der Waals surface area (Å²) in [5.41, 5.74) is 0. The number of nitrogens with zero attached hydrogens (tertiary/aromatic N) is 2. The summed E-state index contributed by atoms with van der Waals surface area (Å²) in [7, 11) is 0. The van der Waals surface area contributed by atoms with Crippen LogP contribution in [0.1, 0.15) is 25.7 Å². The van der Waals surface area contributed by atoms with Crippen molar-refractivity contribution in [2.45, 2.75) is 31.7 Å². The molecule has 3 aliphatic heterocycles. The summed E-state index contributed by atoms with van der Waals surface area (Å²) in [5.74, 6) is 0.705. The predicted octanol–water partition coefficient (Wildman–Crippen LogP) is 0.00220. The lowest BCUT2D eigenvalue weighted by atomic mass is 9.88. The zero-order valence-electron chi connectivity index (χ0n) is 11.9. The summed E-state index contributed by atoms with van der Waals surface area (Å²) in [6, 6.07) is 0.456. The molecule has 3 heterocycles. The summed E-state index contributed by atoms with van der Waals surface area (Å²) >= 11 is 0. The van der Waals surface area contributed by atoms with Crippen molar-refractivity contribution >= 4 is 11.9 Å². The third-order valence-corrected chi connectivity index (χ3v) is 4.82. The molecular weight excluding hydrogens is 256 g/mol. The Bertz CT molecular complexity index is 373. The predicted molar refractivity (Wildman–Crippen MR) is 75.3 cm³/mol. The molecule has 0 aromatic heterocycles. The number of carbonyl (C=O) groups excluding carboxylic acids is 2. The molecule has 6 heteroatoms. The molecule has 1 unspecified atom stereocenters. The van der Waals surface area contributed by atoms with E-state index in [2.05, 4.69) is 15.5 Å². The van der Waals surface area contributed by atoms with Gasteiger partial charge in [0.1, 0.15) is 0 Å². The van der Waals surface area contributed by atoms with Gasteiger partial charge in [0.25, 0.3) is 0 Å². The summed E-state index contributed by atoms with van der Waals surface area (Å²) in [5, 5.41) is 6.26. The number of hydrogen-bond acceptors (Lipinski definition) is 4. The van der Waals surface area contributed by atoms with Crippen LogP contribution in [0.25, 0.3) is 0 Å². The maximum atomic E-state index is 12.1. The minimum atomic E-state index is -0.236. The highest BCUT2D eigenvalue weighted by Crippen LogP contribution is 2.25. The lowest BCUT2D eigenvalue weighted by molar-refractivity contribution is -0.129. The van der Waals surface area contributed by atoms with E-state index < -0.39 is 0 Å². The van der Waals surface area contributed by atoms with E-state index in [4.69, 9.17) is 0 Å². The zero-order valence-corrected chi connectivity index (χ0v) is 11.9. The van der Waals surface area contributed by atoms with Crippen LogP contribution in [0.2, 0.25) is 0 Å². The molecule has 0 bridgehead atoms. The van der Waals surface area contributed by atoms with Gasteiger partial charge in [0.15, 0.2) is 0 Å². The van der Waals surface area contributed by atoms with Crippen LogP contribution in [0.15, 0.2) is 0 Å². The molecule has 0 aliphatic carbocycles. The first-order valence-corrected chi connectivity index (χ1v) is 7.78. The van der Waals surface area contributed by atoms with E-state index in [0.717, 1.165) is 38.4 Å². The van der Waals surface area contributed by atoms with Crippen molar-refractivity contribution in [3.05, 3.63) is 0 Å². The normalized spacial score (nSPS) is 28.9. The van der Waals surface area contributed by atoms with Crippen molar-refractivity contribution in [1.29, 1.82) is 0 Å². The van der Waals surface area contributed by atoms with Gasteiger partial charge in [-0.25, -0.2) is 4.79 Å². The molecule has 20 heavy (non-hydrogen) atoms. The van der Waals surface area contributed by atoms with E-state index in [1.165, 1.54) is 17.7 Å². The second-order valence-corrected chi connectivity index (χ2v) is 6.09. The first-order chi connectivity index (χ1) is 9.74. The molecule has 112 valence electrons. The van der Waals surface area contributed by atoms with Gasteiger partial charge >= 0.3 is 6.03 Å². The van der Waals surface area contributed by atoms with Crippen LogP contribution in [0.3, 0.4) is 0 Å². The fraction of sp³-hybridized carbons (Fsp3) is 0.857. The van der Waals surface area contributed by atoms with Crippen molar-refractivity contribution in [2.75, 3.05) is 39.3 Å². The van der Waals surface area contributed by atoms with Gasteiger partial charge in [-0.3, -0.25) is 14.6 Å². The Morgan fingerprint density at radius 1 is 1.15 bits per heavy atom. The maximum absolute atomic E-state index is 12.1. The van der Waals surface area contributed by atoms with Gasteiger partial charge in [-0.1, -0.05) is 0 Å². The van der Waals surface area contributed by atoms with Gasteiger partial charge < -0.3 is 10.6 Å². The molecule has 3 fully saturated rings. The van der Waals surface area contributed by atoms with E-state index >= 15 is 0 Å². The Balaban J connectivity index is 1.44. The fourth-order valence-corrected chi connectivity index (χ4v) is 3.61. The summed E-state index contributed by atoms with van der Waals surface area (Å²) < 4.78 is 0. The summed E-state index contributed by atoms with van der Waals surface area (Å²) in [6.45, 7) is 4.60. The zero-order chi connectivity index (χ0) is 13.9. The number of hydrogen-bond donors (Lipinski definition) is 2. The number of urea groups is 1. The molecule has 3 amide bonds. The van der Waals surface area contributed by atoms with Gasteiger partial charge in [0.05, 0.1) is 6.54 Å². The summed E-state index contributed by atoms with van der Waals surface area (Å²) in [4.78, 5) is 27.1. The highest BCUT2D eigenvalue weighted by Gasteiger charge is 2.31. The number of imide groups is 1. The average Bonchev–Trinajstić information content (AvgIpc) is 3.10. The molecule has 0 radical (unpaired) electrons. The largest absolute Gasteiger partial charge is 0.336 e. The first kappa shape index (κ1) is 13.8. The van der Waals surface area contributed by atoms with Crippen LogP contribution < -0.4 is 10.6 Å². The van der Waals surface area contributed by atoms with Gasteiger partial charge in [0, 0.05) is 19.1 Å². The van der Waals surface area contributed by atoms with Crippen molar-refractivity contribution in [3.8, 4) is 0 Å². The molecule has 3 rings (SSSR count). The molecule has 0 aromatic rings. The van der Waals surface area contributed by atoms with E-state index in [9.17, 15) is 9.59 Å². The second-order valence-electron chi connectivity index (χ2n) is 6.09. The minimum Gasteiger partial charge on any atom is -0.336 e. The minimum absolute atomic E-state index is 0.0579. The Labute approximate surface area is 119 Å². The van der Waals surface area contributed by atoms with Crippen molar-refractivity contribution in [3.63, 3.8) is 0 Å². The van der Waals surface area contributed by atoms with Crippen LogP contribution in [0.4, 0.5) is 4.79 Å². The number of nitrogens with one attached hydrogen (secondary N) is 2. The molecule has 0 aromatic carbocycles. The quantitative estimate of drug-likeness (QED) is 0.764. The van der Waals surface area contributed by atoms with E-state index in [1.807, 2.05) is 0 Å². The molecule has 3 saturated heterocycles. The second kappa shape index (κ2) is 6.10. The third-order valence-electron chi connectivity index (χ3n) is 4.82. The van der Waals surface area contributed by atoms with Crippen LogP contribution >= 0.6 is 0 Å². The smallest absolute Gasteiger partial charge is 0.324 e. The van der Waals surface area contributed by atoms with Crippen LogP contribution in [-0.4, -0.2) is 67.0 Å². The van der Waals surface area contributed by atoms with E-state index in [0.29, 0.717) is 25.7 Å². The Morgan fingerprint density at radius 2 is 1.95 bits per heavy atom. The van der Waals surface area contributed by atoms with Gasteiger partial charge in [0.2, 0.25) is 5.91 Å². The fourth-order valence-electron chi connectivity index (χ4n) is 3.61. The van der Waals surface area contributed by atoms with Crippen molar-refractivity contribution in [2.24, 2.45) is 5.92 Å². The van der Waals surface area contributed by atoms with E-state index in [-0.39, 0.29) is 11.9 Å².